The number of guanidine groups is 1. The van der Waals surface area contributed by atoms with Gasteiger partial charge in [-0.05, 0) is 39.7 Å². The number of nitrogens with one attached hydrogen (secondary N) is 2. The van der Waals surface area contributed by atoms with Gasteiger partial charge < -0.3 is 15.5 Å². The largest absolute Gasteiger partial charge is 0.357 e. The van der Waals surface area contributed by atoms with Crippen LogP contribution in [-0.4, -0.2) is 57.3 Å². The molecule has 0 amide bonds. The molecule has 1 aromatic rings. The van der Waals surface area contributed by atoms with E-state index in [1.165, 1.54) is 32.1 Å². The van der Waals surface area contributed by atoms with Crippen molar-refractivity contribution in [2.24, 2.45) is 12.0 Å². The molecule has 2 bridgehead atoms. The molecule has 7 heteroatoms. The normalized spacial score (nSPS) is 28.7. The van der Waals surface area contributed by atoms with Crippen molar-refractivity contribution >= 4 is 5.96 Å². The molecule has 0 aliphatic carbocycles. The van der Waals surface area contributed by atoms with Crippen LogP contribution in [-0.2, 0) is 13.6 Å². The number of aryl methyl sites for hydroxylation is 1. The Labute approximate surface area is 138 Å². The number of piperidine rings is 2. The van der Waals surface area contributed by atoms with Gasteiger partial charge in [0.25, 0.3) is 0 Å². The number of aliphatic imine (C=N–C) groups is 1. The number of nitrogens with zero attached hydrogens (tertiary/aromatic N) is 5. The molecule has 3 rings (SSSR count). The molecule has 1 aromatic heterocycles. The maximum Gasteiger partial charge on any atom is 0.191 e. The van der Waals surface area contributed by atoms with Crippen molar-refractivity contribution in [3.63, 3.8) is 0 Å². The van der Waals surface area contributed by atoms with Crippen LogP contribution in [0.15, 0.2) is 11.3 Å². The van der Waals surface area contributed by atoms with Gasteiger partial charge in [-0.2, -0.15) is 5.10 Å². The Hall–Kier alpha value is -1.63. The molecule has 0 spiro atoms. The van der Waals surface area contributed by atoms with Crippen LogP contribution in [0.3, 0.4) is 0 Å². The van der Waals surface area contributed by atoms with E-state index < -0.39 is 0 Å². The second-order valence-corrected chi connectivity index (χ2v) is 6.71. The lowest BCUT2D eigenvalue weighted by atomic mass is 9.82. The summed E-state index contributed by atoms with van der Waals surface area (Å²) < 4.78 is 1.77. The second kappa shape index (κ2) is 7.29. The molecular weight excluding hydrogens is 290 g/mol. The zero-order chi connectivity index (χ0) is 16.2. The number of hydrogen-bond donors (Lipinski definition) is 2. The van der Waals surface area contributed by atoms with Crippen LogP contribution in [0.2, 0.25) is 0 Å². The van der Waals surface area contributed by atoms with Gasteiger partial charge in [-0.3, -0.25) is 4.68 Å². The highest BCUT2D eigenvalue weighted by Gasteiger charge is 2.36. The molecule has 3 heterocycles. The summed E-state index contributed by atoms with van der Waals surface area (Å²) >= 11 is 0. The van der Waals surface area contributed by atoms with E-state index in [0.717, 1.165) is 30.4 Å². The summed E-state index contributed by atoms with van der Waals surface area (Å²) in [5.41, 5.74) is 0. The Morgan fingerprint density at radius 1 is 1.30 bits per heavy atom. The van der Waals surface area contributed by atoms with Crippen LogP contribution in [0.4, 0.5) is 0 Å². The van der Waals surface area contributed by atoms with Crippen LogP contribution in [0.25, 0.3) is 0 Å². The van der Waals surface area contributed by atoms with E-state index in [2.05, 4.69) is 44.6 Å². The third kappa shape index (κ3) is 3.83. The number of rotatable bonds is 4. The van der Waals surface area contributed by atoms with Gasteiger partial charge in [0.15, 0.2) is 5.96 Å². The minimum Gasteiger partial charge on any atom is -0.357 e. The van der Waals surface area contributed by atoms with Crippen molar-refractivity contribution in [2.75, 3.05) is 13.6 Å². The summed E-state index contributed by atoms with van der Waals surface area (Å²) in [4.78, 5) is 11.5. The second-order valence-electron chi connectivity index (χ2n) is 6.71. The van der Waals surface area contributed by atoms with Crippen LogP contribution < -0.4 is 10.6 Å². The highest BCUT2D eigenvalue weighted by Crippen LogP contribution is 2.32. The fraction of sp³-hybridized carbons (Fsp3) is 0.812. The summed E-state index contributed by atoms with van der Waals surface area (Å²) in [7, 11) is 4.19. The molecule has 2 unspecified atom stereocenters. The molecule has 2 saturated heterocycles. The summed E-state index contributed by atoms with van der Waals surface area (Å²) in [6, 6.07) is 1.96. The van der Waals surface area contributed by atoms with Crippen LogP contribution in [0, 0.1) is 0 Å². The summed E-state index contributed by atoms with van der Waals surface area (Å²) in [6.45, 7) is 3.51. The van der Waals surface area contributed by atoms with E-state index in [1.54, 1.807) is 11.0 Å². The first-order valence-corrected chi connectivity index (χ1v) is 8.77. The van der Waals surface area contributed by atoms with E-state index in [9.17, 15) is 0 Å². The van der Waals surface area contributed by atoms with Crippen molar-refractivity contribution in [2.45, 2.75) is 63.7 Å². The highest BCUT2D eigenvalue weighted by atomic mass is 15.3. The molecule has 2 atom stereocenters. The quantitative estimate of drug-likeness (QED) is 0.637. The Morgan fingerprint density at radius 3 is 2.65 bits per heavy atom. The van der Waals surface area contributed by atoms with Crippen LogP contribution in [0.1, 0.15) is 44.9 Å². The zero-order valence-electron chi connectivity index (χ0n) is 14.5. The Morgan fingerprint density at radius 2 is 2.04 bits per heavy atom. The Kier molecular flexibility index (Phi) is 5.15. The van der Waals surface area contributed by atoms with Crippen LogP contribution in [0.5, 0.6) is 0 Å². The zero-order valence-corrected chi connectivity index (χ0v) is 14.5. The molecule has 2 aliphatic heterocycles. The molecule has 23 heavy (non-hydrogen) atoms. The Balaban J connectivity index is 1.62. The van der Waals surface area contributed by atoms with E-state index in [-0.39, 0.29) is 0 Å². The predicted molar refractivity (Wildman–Crippen MR) is 91.2 cm³/mol. The lowest BCUT2D eigenvalue weighted by Crippen LogP contribution is -2.56. The molecule has 0 radical (unpaired) electrons. The van der Waals surface area contributed by atoms with Gasteiger partial charge in [-0.1, -0.05) is 6.42 Å². The fourth-order valence-electron chi connectivity index (χ4n) is 3.86. The maximum absolute atomic E-state index is 4.68. The smallest absolute Gasteiger partial charge is 0.191 e. The van der Waals surface area contributed by atoms with E-state index in [0.29, 0.717) is 12.6 Å². The molecular formula is C16H29N7. The van der Waals surface area contributed by atoms with Gasteiger partial charge in [0.2, 0.25) is 0 Å². The molecule has 2 N–H and O–H groups in total. The van der Waals surface area contributed by atoms with Gasteiger partial charge in [0.05, 0.1) is 0 Å². The average molecular weight is 319 g/mol. The molecule has 2 aliphatic rings. The van der Waals surface area contributed by atoms with Gasteiger partial charge in [0.1, 0.15) is 18.7 Å². The maximum atomic E-state index is 4.68. The monoisotopic (exact) mass is 319 g/mol. The van der Waals surface area contributed by atoms with Gasteiger partial charge in [0, 0.05) is 31.7 Å². The minimum absolute atomic E-state index is 0.513. The summed E-state index contributed by atoms with van der Waals surface area (Å²) in [5, 5.41) is 11.1. The lowest BCUT2D eigenvalue weighted by Gasteiger charge is -2.47. The fourth-order valence-corrected chi connectivity index (χ4v) is 3.86. The predicted octanol–water partition coefficient (Wildman–Crippen LogP) is 0.886. The number of hydrogen-bond acceptors (Lipinski definition) is 4. The van der Waals surface area contributed by atoms with Crippen molar-refractivity contribution < 1.29 is 0 Å². The Bertz CT molecular complexity index is 524. The highest BCUT2D eigenvalue weighted by molar-refractivity contribution is 5.80. The topological polar surface area (TPSA) is 70.4 Å². The first-order chi connectivity index (χ1) is 11.2. The molecule has 7 nitrogen and oxygen atoms in total. The SMILES string of the molecule is CCNC(=NCc1ncnn1C)NC1CC2CCCC(C1)N2C. The average Bonchev–Trinajstić information content (AvgIpc) is 2.91. The van der Waals surface area contributed by atoms with Crippen molar-refractivity contribution in [3.05, 3.63) is 12.2 Å². The summed E-state index contributed by atoms with van der Waals surface area (Å²) in [6.07, 6.45) is 8.04. The van der Waals surface area contributed by atoms with Gasteiger partial charge in [-0.15, -0.1) is 0 Å². The van der Waals surface area contributed by atoms with Crippen molar-refractivity contribution in [1.82, 2.24) is 30.3 Å². The first-order valence-electron chi connectivity index (χ1n) is 8.77. The van der Waals surface area contributed by atoms with Gasteiger partial charge >= 0.3 is 0 Å². The summed E-state index contributed by atoms with van der Waals surface area (Å²) in [5.74, 6) is 1.77. The third-order valence-electron chi connectivity index (χ3n) is 5.21. The van der Waals surface area contributed by atoms with E-state index >= 15 is 0 Å². The molecule has 128 valence electrons. The third-order valence-corrected chi connectivity index (χ3v) is 5.21. The van der Waals surface area contributed by atoms with Crippen molar-refractivity contribution in [3.8, 4) is 0 Å². The van der Waals surface area contributed by atoms with Crippen LogP contribution >= 0.6 is 0 Å². The molecule has 0 saturated carbocycles. The lowest BCUT2D eigenvalue weighted by molar-refractivity contribution is 0.0526. The standard InChI is InChI=1S/C16H29N7/c1-4-17-16(18-10-15-19-11-20-23(15)3)21-12-8-13-6-5-7-14(9-12)22(13)2/h11-14H,4-10H2,1-3H3,(H2,17,18,21). The van der Waals surface area contributed by atoms with E-state index in [1.807, 2.05) is 7.05 Å². The van der Waals surface area contributed by atoms with Crippen molar-refractivity contribution in [1.29, 1.82) is 0 Å². The van der Waals surface area contributed by atoms with E-state index in [4.69, 9.17) is 0 Å². The van der Waals surface area contributed by atoms with Gasteiger partial charge in [-0.25, -0.2) is 9.98 Å². The molecule has 2 fully saturated rings. The number of fused-ring (bicyclic) bond motifs is 2. The first kappa shape index (κ1) is 16.2. The minimum atomic E-state index is 0.513. The number of aromatic nitrogens is 3. The molecule has 0 aromatic carbocycles.